The summed E-state index contributed by atoms with van der Waals surface area (Å²) in [7, 11) is 1.80. The first kappa shape index (κ1) is 9.24. The molecule has 1 unspecified atom stereocenters. The summed E-state index contributed by atoms with van der Waals surface area (Å²) in [4.78, 5) is 11.8. The first-order valence-electron chi connectivity index (χ1n) is 4.87. The lowest BCUT2D eigenvalue weighted by molar-refractivity contribution is -0.689. The third-order valence-corrected chi connectivity index (χ3v) is 3.08. The van der Waals surface area contributed by atoms with Gasteiger partial charge >= 0.3 is 5.56 Å². The van der Waals surface area contributed by atoms with E-state index in [0.29, 0.717) is 5.56 Å². The van der Waals surface area contributed by atoms with Crippen molar-refractivity contribution in [1.82, 2.24) is 4.57 Å². The lowest BCUT2D eigenvalue weighted by Gasteiger charge is -2.06. The van der Waals surface area contributed by atoms with Crippen LogP contribution in [0.25, 0.3) is 0 Å². The summed E-state index contributed by atoms with van der Waals surface area (Å²) in [6.07, 6.45) is 1.84. The van der Waals surface area contributed by atoms with E-state index in [4.69, 9.17) is 0 Å². The summed E-state index contributed by atoms with van der Waals surface area (Å²) >= 11 is 0. The van der Waals surface area contributed by atoms with Crippen LogP contribution in [0, 0.1) is 6.92 Å². The molecule has 1 aliphatic heterocycles. The van der Waals surface area contributed by atoms with Gasteiger partial charge in [0.05, 0.1) is 13.5 Å². The summed E-state index contributed by atoms with van der Waals surface area (Å²) in [6, 6.07) is 0.253. The van der Waals surface area contributed by atoms with Gasteiger partial charge in [0.25, 0.3) is 11.7 Å². The van der Waals surface area contributed by atoms with E-state index in [1.165, 1.54) is 0 Å². The molecule has 1 N–H and O–H groups in total. The number of aromatic nitrogens is 2. The molecule has 14 heavy (non-hydrogen) atoms. The fraction of sp³-hybridized carbons (Fsp3) is 0.600. The average molecular weight is 195 g/mol. The van der Waals surface area contributed by atoms with Gasteiger partial charge in [0, 0.05) is 0 Å². The summed E-state index contributed by atoms with van der Waals surface area (Å²) in [5.74, 6) is 1.01. The van der Waals surface area contributed by atoms with E-state index >= 15 is 0 Å². The largest absolute Gasteiger partial charge is 0.477 e. The topological polar surface area (TPSA) is 46.1 Å². The third-order valence-electron chi connectivity index (χ3n) is 3.08. The Bertz CT molecular complexity index is 448. The molecular formula is C10H15N2O2+. The summed E-state index contributed by atoms with van der Waals surface area (Å²) in [5.41, 5.74) is 0.380. The Kier molecular flexibility index (Phi) is 1.87. The zero-order valence-electron chi connectivity index (χ0n) is 8.74. The molecule has 0 spiro atoms. The van der Waals surface area contributed by atoms with Crippen molar-refractivity contribution in [3.63, 3.8) is 0 Å². The zero-order chi connectivity index (χ0) is 10.5. The molecule has 0 aliphatic carbocycles. The number of hydrogen-bond acceptors (Lipinski definition) is 2. The maximum atomic E-state index is 11.8. The number of aromatic hydroxyl groups is 1. The lowest BCUT2D eigenvalue weighted by atomic mass is 10.2. The van der Waals surface area contributed by atoms with Crippen LogP contribution in [0.5, 0.6) is 5.88 Å². The zero-order valence-corrected chi connectivity index (χ0v) is 8.74. The van der Waals surface area contributed by atoms with Gasteiger partial charge < -0.3 is 5.11 Å². The Morgan fingerprint density at radius 3 is 2.86 bits per heavy atom. The van der Waals surface area contributed by atoms with E-state index in [0.717, 1.165) is 18.7 Å². The van der Waals surface area contributed by atoms with Crippen LogP contribution in [-0.2, 0) is 13.5 Å². The van der Waals surface area contributed by atoms with Gasteiger partial charge in [-0.3, -0.25) is 0 Å². The van der Waals surface area contributed by atoms with Crippen LogP contribution >= 0.6 is 0 Å². The maximum Gasteiger partial charge on any atom is 0.344 e. The van der Waals surface area contributed by atoms with Gasteiger partial charge in [-0.05, 0) is 20.3 Å². The summed E-state index contributed by atoms with van der Waals surface area (Å²) in [6.45, 7) is 3.70. The standard InChI is InChI=1S/C10H14N2O2/c1-6-4-5-8-11(3)9(13)7(2)10(14)12(6)8/h6H,4-5H2,1-3H3/p+1. The van der Waals surface area contributed by atoms with Crippen molar-refractivity contribution >= 4 is 0 Å². The van der Waals surface area contributed by atoms with Crippen molar-refractivity contribution in [3.8, 4) is 5.88 Å². The van der Waals surface area contributed by atoms with Crippen molar-refractivity contribution in [2.75, 3.05) is 0 Å². The van der Waals surface area contributed by atoms with Gasteiger partial charge in [0.1, 0.15) is 11.6 Å². The monoisotopic (exact) mass is 195 g/mol. The first-order valence-corrected chi connectivity index (χ1v) is 4.87. The van der Waals surface area contributed by atoms with Crippen molar-refractivity contribution < 1.29 is 9.67 Å². The summed E-state index contributed by atoms with van der Waals surface area (Å²) < 4.78 is 3.50. The van der Waals surface area contributed by atoms with Crippen molar-refractivity contribution in [2.24, 2.45) is 7.05 Å². The molecule has 0 aromatic carbocycles. The van der Waals surface area contributed by atoms with Crippen molar-refractivity contribution in [1.29, 1.82) is 0 Å². The van der Waals surface area contributed by atoms with Crippen LogP contribution in [0.2, 0.25) is 0 Å². The molecule has 0 radical (unpaired) electrons. The minimum Gasteiger partial charge on any atom is -0.477 e. The number of fused-ring (bicyclic) bond motifs is 1. The van der Waals surface area contributed by atoms with Gasteiger partial charge in [-0.15, -0.1) is 0 Å². The normalized spacial score (nSPS) is 19.8. The number of rotatable bonds is 0. The Balaban J connectivity index is 2.85. The molecule has 0 bridgehead atoms. The molecular weight excluding hydrogens is 180 g/mol. The highest BCUT2D eigenvalue weighted by molar-refractivity contribution is 5.17. The molecule has 0 saturated heterocycles. The molecule has 1 atom stereocenters. The Hall–Kier alpha value is -1.32. The second kappa shape index (κ2) is 2.83. The highest BCUT2D eigenvalue weighted by atomic mass is 16.3. The van der Waals surface area contributed by atoms with Gasteiger partial charge in [0.2, 0.25) is 0 Å². The molecule has 4 nitrogen and oxygen atoms in total. The molecule has 1 aliphatic rings. The molecule has 0 saturated carbocycles. The quantitative estimate of drug-likeness (QED) is 0.601. The maximum absolute atomic E-state index is 11.8. The highest BCUT2D eigenvalue weighted by Crippen LogP contribution is 2.22. The molecule has 2 heterocycles. The van der Waals surface area contributed by atoms with Gasteiger partial charge in [-0.1, -0.05) is 0 Å². The Morgan fingerprint density at radius 1 is 1.57 bits per heavy atom. The van der Waals surface area contributed by atoms with Crippen LogP contribution in [0.3, 0.4) is 0 Å². The van der Waals surface area contributed by atoms with Crippen molar-refractivity contribution in [3.05, 3.63) is 21.7 Å². The Labute approximate surface area is 82.4 Å². The van der Waals surface area contributed by atoms with Crippen molar-refractivity contribution in [2.45, 2.75) is 32.7 Å². The fourth-order valence-electron chi connectivity index (χ4n) is 2.14. The van der Waals surface area contributed by atoms with E-state index in [1.54, 1.807) is 23.1 Å². The van der Waals surface area contributed by atoms with E-state index in [-0.39, 0.29) is 17.5 Å². The molecule has 2 rings (SSSR count). The van der Waals surface area contributed by atoms with E-state index in [2.05, 4.69) is 0 Å². The second-order valence-corrected chi connectivity index (χ2v) is 3.99. The molecule has 4 heteroatoms. The van der Waals surface area contributed by atoms with Gasteiger partial charge in [0.15, 0.2) is 0 Å². The minimum atomic E-state index is -0.0550. The SMILES string of the molecule is Cc1c(O)[n+](C)c2n(c1=O)C(C)CC2. The third kappa shape index (κ3) is 0.997. The van der Waals surface area contributed by atoms with Crippen LogP contribution in [0.1, 0.15) is 30.8 Å². The molecule has 1 aromatic heterocycles. The number of hydrogen-bond donors (Lipinski definition) is 1. The van der Waals surface area contributed by atoms with Crippen LogP contribution in [0.4, 0.5) is 0 Å². The molecule has 0 amide bonds. The molecule has 1 aromatic rings. The predicted molar refractivity (Wildman–Crippen MR) is 51.3 cm³/mol. The molecule has 0 fully saturated rings. The first-order chi connectivity index (χ1) is 6.54. The minimum absolute atomic E-state index is 0.0550. The predicted octanol–water partition coefficient (Wildman–Crippen LogP) is 0.194. The average Bonchev–Trinajstić information content (AvgIpc) is 2.54. The van der Waals surface area contributed by atoms with Crippen LogP contribution in [-0.4, -0.2) is 9.67 Å². The van der Waals surface area contributed by atoms with E-state index < -0.39 is 0 Å². The number of nitrogens with zero attached hydrogens (tertiary/aromatic N) is 2. The molecule has 76 valence electrons. The summed E-state index contributed by atoms with van der Waals surface area (Å²) in [5, 5.41) is 9.69. The lowest BCUT2D eigenvalue weighted by Crippen LogP contribution is -2.42. The van der Waals surface area contributed by atoms with Gasteiger partial charge in [-0.2, -0.15) is 4.57 Å². The highest BCUT2D eigenvalue weighted by Gasteiger charge is 2.32. The van der Waals surface area contributed by atoms with E-state index in [1.807, 2.05) is 6.92 Å². The van der Waals surface area contributed by atoms with E-state index in [9.17, 15) is 9.90 Å². The second-order valence-electron chi connectivity index (χ2n) is 3.99. The Morgan fingerprint density at radius 2 is 2.21 bits per heavy atom. The van der Waals surface area contributed by atoms with Gasteiger partial charge in [-0.25, -0.2) is 9.36 Å². The fourth-order valence-corrected chi connectivity index (χ4v) is 2.14. The van der Waals surface area contributed by atoms with Crippen LogP contribution in [0.15, 0.2) is 4.79 Å². The smallest absolute Gasteiger partial charge is 0.344 e. The van der Waals surface area contributed by atoms with Crippen LogP contribution < -0.4 is 10.1 Å².